The predicted octanol–water partition coefficient (Wildman–Crippen LogP) is 2.41. The summed E-state index contributed by atoms with van der Waals surface area (Å²) in [4.78, 5) is 2.36. The zero-order chi connectivity index (χ0) is 10.4. The Morgan fingerprint density at radius 2 is 1.86 bits per heavy atom. The van der Waals surface area contributed by atoms with E-state index in [2.05, 4.69) is 21.2 Å². The van der Waals surface area contributed by atoms with E-state index in [1.54, 1.807) is 0 Å². The predicted molar refractivity (Wildman–Crippen MR) is 59.6 cm³/mol. The van der Waals surface area contributed by atoms with Crippen molar-refractivity contribution in [1.82, 2.24) is 10.2 Å². The summed E-state index contributed by atoms with van der Waals surface area (Å²) in [6, 6.07) is 2.10. The summed E-state index contributed by atoms with van der Waals surface area (Å²) in [5, 5.41) is 7.87. The normalized spacial score (nSPS) is 14.9. The number of rotatable bonds is 1. The van der Waals surface area contributed by atoms with Crippen LogP contribution in [0.2, 0.25) is 0 Å². The van der Waals surface area contributed by atoms with Crippen molar-refractivity contribution in [2.45, 2.75) is 33.6 Å². The lowest BCUT2D eigenvalue weighted by molar-refractivity contribution is 0.919. The van der Waals surface area contributed by atoms with Gasteiger partial charge in [-0.05, 0) is 25.8 Å². The van der Waals surface area contributed by atoms with Crippen LogP contribution < -0.4 is 4.90 Å². The monoisotopic (exact) mass is 193 g/mol. The average Bonchev–Trinajstić information content (AvgIpc) is 2.74. The zero-order valence-electron chi connectivity index (χ0n) is 9.32. The van der Waals surface area contributed by atoms with Crippen LogP contribution in [-0.2, 0) is 0 Å². The molecule has 0 spiro atoms. The first-order chi connectivity index (χ1) is 6.86. The molecule has 0 unspecified atom stereocenters. The van der Waals surface area contributed by atoms with Gasteiger partial charge in [-0.2, -0.15) is 10.2 Å². The Labute approximate surface area is 86.2 Å². The summed E-state index contributed by atoms with van der Waals surface area (Å²) in [5.41, 5.74) is 2.22. The third-order valence-electron chi connectivity index (χ3n) is 2.23. The van der Waals surface area contributed by atoms with Crippen LogP contribution in [0.3, 0.4) is 0 Å². The molecule has 0 bridgehead atoms. The number of hydrogen-bond donors (Lipinski definition) is 0. The second-order valence-electron chi connectivity index (χ2n) is 3.25. The fourth-order valence-electron chi connectivity index (χ4n) is 1.61. The minimum atomic E-state index is 0.999. The summed E-state index contributed by atoms with van der Waals surface area (Å²) in [6.45, 7) is 8.32. The molecule has 14 heavy (non-hydrogen) atoms. The minimum absolute atomic E-state index is 0.999. The van der Waals surface area contributed by atoms with E-state index in [1.807, 2.05) is 27.0 Å². The summed E-state index contributed by atoms with van der Waals surface area (Å²) in [6.07, 6.45) is 4.46. The van der Waals surface area contributed by atoms with Crippen LogP contribution in [0, 0.1) is 6.92 Å². The van der Waals surface area contributed by atoms with E-state index >= 15 is 0 Å². The lowest BCUT2D eigenvalue weighted by atomic mass is 10.3. The van der Waals surface area contributed by atoms with Crippen LogP contribution >= 0.6 is 0 Å². The van der Waals surface area contributed by atoms with Gasteiger partial charge in [-0.1, -0.05) is 13.8 Å². The number of nitrogens with zero attached hydrogens (tertiary/aromatic N) is 3. The molecule has 2 heterocycles. The van der Waals surface area contributed by atoms with E-state index in [0.717, 1.165) is 5.69 Å². The Morgan fingerprint density at radius 1 is 1.21 bits per heavy atom. The van der Waals surface area contributed by atoms with Crippen molar-refractivity contribution >= 4 is 5.69 Å². The molecule has 0 aromatic carbocycles. The SMILES string of the molecule is CC.Cc1cc(N2CCCC2)cnn1. The van der Waals surface area contributed by atoms with Crippen LogP contribution in [0.5, 0.6) is 0 Å². The summed E-state index contributed by atoms with van der Waals surface area (Å²) in [7, 11) is 0. The van der Waals surface area contributed by atoms with Crippen molar-refractivity contribution in [3.63, 3.8) is 0 Å². The number of hydrogen-bond acceptors (Lipinski definition) is 3. The van der Waals surface area contributed by atoms with Gasteiger partial charge in [0.2, 0.25) is 0 Å². The Hall–Kier alpha value is -1.12. The molecule has 0 aliphatic carbocycles. The van der Waals surface area contributed by atoms with Crippen molar-refractivity contribution in [3.05, 3.63) is 18.0 Å². The fraction of sp³-hybridized carbons (Fsp3) is 0.636. The molecule has 0 saturated carbocycles. The van der Waals surface area contributed by atoms with Gasteiger partial charge in [0.25, 0.3) is 0 Å². The van der Waals surface area contributed by atoms with Crippen molar-refractivity contribution < 1.29 is 0 Å². The van der Waals surface area contributed by atoms with Gasteiger partial charge in [0, 0.05) is 13.1 Å². The molecular weight excluding hydrogens is 174 g/mol. The quantitative estimate of drug-likeness (QED) is 0.686. The number of anilines is 1. The Kier molecular flexibility index (Phi) is 4.36. The lowest BCUT2D eigenvalue weighted by Gasteiger charge is -2.16. The highest BCUT2D eigenvalue weighted by molar-refractivity contribution is 5.45. The molecule has 0 atom stereocenters. The van der Waals surface area contributed by atoms with Gasteiger partial charge in [-0.15, -0.1) is 0 Å². The average molecular weight is 193 g/mol. The van der Waals surface area contributed by atoms with Crippen LogP contribution in [-0.4, -0.2) is 23.3 Å². The van der Waals surface area contributed by atoms with Crippen LogP contribution in [0.25, 0.3) is 0 Å². The first kappa shape index (κ1) is 11.0. The molecule has 1 aliphatic rings. The Balaban J connectivity index is 0.000000461. The Morgan fingerprint density at radius 3 is 2.43 bits per heavy atom. The van der Waals surface area contributed by atoms with Crippen LogP contribution in [0.4, 0.5) is 5.69 Å². The molecule has 2 rings (SSSR count). The minimum Gasteiger partial charge on any atom is -0.370 e. The maximum atomic E-state index is 3.94. The van der Waals surface area contributed by atoms with E-state index in [0.29, 0.717) is 0 Å². The molecule has 3 heteroatoms. The van der Waals surface area contributed by atoms with Gasteiger partial charge < -0.3 is 4.90 Å². The standard InChI is InChI=1S/C9H13N3.C2H6/c1-8-6-9(7-10-11-8)12-4-2-3-5-12;1-2/h6-7H,2-5H2,1H3;1-2H3. The van der Waals surface area contributed by atoms with E-state index < -0.39 is 0 Å². The molecular formula is C11H19N3. The first-order valence-electron chi connectivity index (χ1n) is 5.40. The largest absolute Gasteiger partial charge is 0.370 e. The zero-order valence-corrected chi connectivity index (χ0v) is 9.32. The Bertz CT molecular complexity index is 267. The molecule has 1 saturated heterocycles. The maximum absolute atomic E-state index is 3.94. The van der Waals surface area contributed by atoms with Gasteiger partial charge in [-0.25, -0.2) is 0 Å². The summed E-state index contributed by atoms with van der Waals surface area (Å²) in [5.74, 6) is 0. The molecule has 0 N–H and O–H groups in total. The first-order valence-corrected chi connectivity index (χ1v) is 5.40. The van der Waals surface area contributed by atoms with Gasteiger partial charge in [0.1, 0.15) is 0 Å². The van der Waals surface area contributed by atoms with Gasteiger partial charge in [0.05, 0.1) is 17.6 Å². The molecule has 3 nitrogen and oxygen atoms in total. The van der Waals surface area contributed by atoms with Crippen molar-refractivity contribution in [1.29, 1.82) is 0 Å². The second kappa shape index (κ2) is 5.58. The van der Waals surface area contributed by atoms with E-state index in [9.17, 15) is 0 Å². The van der Waals surface area contributed by atoms with E-state index in [1.165, 1.54) is 31.6 Å². The smallest absolute Gasteiger partial charge is 0.0730 e. The molecule has 0 amide bonds. The highest BCUT2D eigenvalue weighted by atomic mass is 15.2. The van der Waals surface area contributed by atoms with Crippen LogP contribution in [0.1, 0.15) is 32.4 Å². The highest BCUT2D eigenvalue weighted by Gasteiger charge is 2.12. The van der Waals surface area contributed by atoms with Crippen molar-refractivity contribution in [2.75, 3.05) is 18.0 Å². The van der Waals surface area contributed by atoms with Crippen molar-refractivity contribution in [3.8, 4) is 0 Å². The van der Waals surface area contributed by atoms with Gasteiger partial charge in [0.15, 0.2) is 0 Å². The van der Waals surface area contributed by atoms with Gasteiger partial charge >= 0.3 is 0 Å². The van der Waals surface area contributed by atoms with Crippen LogP contribution in [0.15, 0.2) is 12.3 Å². The fourth-order valence-corrected chi connectivity index (χ4v) is 1.61. The molecule has 1 aromatic heterocycles. The summed E-state index contributed by atoms with van der Waals surface area (Å²) < 4.78 is 0. The lowest BCUT2D eigenvalue weighted by Crippen LogP contribution is -2.17. The molecule has 1 aromatic rings. The molecule has 78 valence electrons. The maximum Gasteiger partial charge on any atom is 0.0730 e. The topological polar surface area (TPSA) is 29.0 Å². The van der Waals surface area contributed by atoms with E-state index in [4.69, 9.17) is 0 Å². The van der Waals surface area contributed by atoms with Gasteiger partial charge in [-0.3, -0.25) is 0 Å². The third-order valence-corrected chi connectivity index (χ3v) is 2.23. The number of aryl methyl sites for hydroxylation is 1. The molecule has 1 aliphatic heterocycles. The molecule has 1 fully saturated rings. The summed E-state index contributed by atoms with van der Waals surface area (Å²) >= 11 is 0. The number of aromatic nitrogens is 2. The van der Waals surface area contributed by atoms with E-state index in [-0.39, 0.29) is 0 Å². The van der Waals surface area contributed by atoms with Crippen molar-refractivity contribution in [2.24, 2.45) is 0 Å². The third kappa shape index (κ3) is 2.69. The highest BCUT2D eigenvalue weighted by Crippen LogP contribution is 2.18. The second-order valence-corrected chi connectivity index (χ2v) is 3.25. The molecule has 0 radical (unpaired) electrons.